The van der Waals surface area contributed by atoms with Crippen LogP contribution in [0.15, 0.2) is 48.5 Å². The van der Waals surface area contributed by atoms with E-state index in [2.05, 4.69) is 5.32 Å². The Hall–Kier alpha value is -3.15. The maximum Gasteiger partial charge on any atom is 0.316 e. The fourth-order valence-electron chi connectivity index (χ4n) is 2.34. The predicted molar refractivity (Wildman–Crippen MR) is 92.8 cm³/mol. The number of hydrogen-bond acceptors (Lipinski definition) is 3. The molecule has 0 aliphatic carbocycles. The van der Waals surface area contributed by atoms with E-state index in [4.69, 9.17) is 5.73 Å². The van der Waals surface area contributed by atoms with E-state index in [1.807, 2.05) is 25.1 Å². The molecule has 124 valence electrons. The Morgan fingerprint density at radius 1 is 1.08 bits per heavy atom. The summed E-state index contributed by atoms with van der Waals surface area (Å²) in [7, 11) is 0. The molecular formula is C18H19N3O3. The molecule has 2 aromatic carbocycles. The van der Waals surface area contributed by atoms with Crippen molar-refractivity contribution in [2.45, 2.75) is 13.8 Å². The third kappa shape index (κ3) is 3.78. The number of amides is 3. The number of nitrogens with one attached hydrogen (secondary N) is 1. The monoisotopic (exact) mass is 325 g/mol. The van der Waals surface area contributed by atoms with Crippen molar-refractivity contribution in [3.05, 3.63) is 59.7 Å². The number of anilines is 2. The van der Waals surface area contributed by atoms with Gasteiger partial charge in [-0.1, -0.05) is 24.3 Å². The lowest BCUT2D eigenvalue weighted by Gasteiger charge is -2.21. The smallest absolute Gasteiger partial charge is 0.316 e. The third-order valence-corrected chi connectivity index (χ3v) is 3.51. The number of carbonyl (C=O) groups is 3. The summed E-state index contributed by atoms with van der Waals surface area (Å²) in [5.74, 6) is -2.21. The average Bonchev–Trinajstić information content (AvgIpc) is 2.55. The Morgan fingerprint density at radius 2 is 1.79 bits per heavy atom. The number of para-hydroxylation sites is 1. The van der Waals surface area contributed by atoms with Crippen LogP contribution in [0.1, 0.15) is 22.8 Å². The minimum atomic E-state index is -0.827. The van der Waals surface area contributed by atoms with Gasteiger partial charge in [0.15, 0.2) is 0 Å². The molecule has 6 nitrogen and oxygen atoms in total. The fourth-order valence-corrected chi connectivity index (χ4v) is 2.34. The minimum Gasteiger partial charge on any atom is -0.366 e. The molecule has 0 heterocycles. The molecule has 3 amide bonds. The zero-order valence-electron chi connectivity index (χ0n) is 13.6. The first-order valence-electron chi connectivity index (χ1n) is 7.52. The van der Waals surface area contributed by atoms with E-state index in [9.17, 15) is 14.4 Å². The molecule has 0 saturated carbocycles. The summed E-state index contributed by atoms with van der Waals surface area (Å²) in [5.41, 5.74) is 7.26. The maximum atomic E-state index is 12.5. The molecule has 2 rings (SSSR count). The number of benzene rings is 2. The van der Waals surface area contributed by atoms with Crippen molar-refractivity contribution in [1.29, 1.82) is 0 Å². The van der Waals surface area contributed by atoms with Gasteiger partial charge in [0.05, 0.1) is 11.3 Å². The number of likely N-dealkylation sites (N-methyl/N-ethyl adjacent to an activating group) is 1. The molecule has 3 N–H and O–H groups in total. The Kier molecular flexibility index (Phi) is 5.31. The number of hydrogen-bond donors (Lipinski definition) is 2. The molecule has 0 radical (unpaired) electrons. The first kappa shape index (κ1) is 17.2. The molecule has 0 saturated heterocycles. The summed E-state index contributed by atoms with van der Waals surface area (Å²) >= 11 is 0. The van der Waals surface area contributed by atoms with Crippen molar-refractivity contribution >= 4 is 29.1 Å². The largest absolute Gasteiger partial charge is 0.366 e. The van der Waals surface area contributed by atoms with Gasteiger partial charge in [-0.2, -0.15) is 0 Å². The zero-order chi connectivity index (χ0) is 17.7. The van der Waals surface area contributed by atoms with Crippen LogP contribution in [0.4, 0.5) is 11.4 Å². The van der Waals surface area contributed by atoms with Crippen molar-refractivity contribution < 1.29 is 14.4 Å². The van der Waals surface area contributed by atoms with E-state index in [1.165, 1.54) is 17.0 Å². The van der Waals surface area contributed by atoms with Gasteiger partial charge in [-0.25, -0.2) is 0 Å². The van der Waals surface area contributed by atoms with Crippen LogP contribution in [-0.4, -0.2) is 24.3 Å². The van der Waals surface area contributed by atoms with E-state index in [1.54, 1.807) is 25.1 Å². The summed E-state index contributed by atoms with van der Waals surface area (Å²) < 4.78 is 0. The Balaban J connectivity index is 2.23. The number of carbonyl (C=O) groups excluding carboxylic acids is 3. The molecule has 0 aliphatic rings. The van der Waals surface area contributed by atoms with Crippen molar-refractivity contribution in [2.24, 2.45) is 5.73 Å². The van der Waals surface area contributed by atoms with Crippen molar-refractivity contribution in [3.8, 4) is 0 Å². The molecular weight excluding hydrogens is 306 g/mol. The number of primary amides is 1. The van der Waals surface area contributed by atoms with Gasteiger partial charge in [0.1, 0.15) is 0 Å². The highest BCUT2D eigenvalue weighted by Gasteiger charge is 2.23. The summed E-state index contributed by atoms with van der Waals surface area (Å²) in [4.78, 5) is 37.5. The van der Waals surface area contributed by atoms with Crippen molar-refractivity contribution in [2.75, 3.05) is 16.8 Å². The highest BCUT2D eigenvalue weighted by atomic mass is 16.2. The van der Waals surface area contributed by atoms with Crippen LogP contribution >= 0.6 is 0 Å². The topological polar surface area (TPSA) is 92.5 Å². The van der Waals surface area contributed by atoms with Gasteiger partial charge in [-0.05, 0) is 43.7 Å². The van der Waals surface area contributed by atoms with Crippen LogP contribution in [0.5, 0.6) is 0 Å². The van der Waals surface area contributed by atoms with E-state index in [-0.39, 0.29) is 11.3 Å². The fraction of sp³-hybridized carbons (Fsp3) is 0.167. The Morgan fingerprint density at radius 3 is 2.42 bits per heavy atom. The molecule has 6 heteroatoms. The van der Waals surface area contributed by atoms with Crippen LogP contribution in [0.2, 0.25) is 0 Å². The van der Waals surface area contributed by atoms with Gasteiger partial charge in [0, 0.05) is 12.2 Å². The quantitative estimate of drug-likeness (QED) is 0.843. The molecule has 0 aromatic heterocycles. The second-order valence-corrected chi connectivity index (χ2v) is 5.25. The molecule has 0 aliphatic heterocycles. The summed E-state index contributed by atoms with van der Waals surface area (Å²) in [5, 5.41) is 2.46. The van der Waals surface area contributed by atoms with Gasteiger partial charge in [-0.15, -0.1) is 0 Å². The van der Waals surface area contributed by atoms with E-state index < -0.39 is 17.7 Å². The molecule has 0 fully saturated rings. The standard InChI is InChI=1S/C18H19N3O3/c1-3-21(13-8-6-7-12(2)11-13)18(24)17(23)20-15-10-5-4-9-14(15)16(19)22/h4-11H,3H2,1-2H3,(H2,19,22)(H,20,23). The van der Waals surface area contributed by atoms with Crippen molar-refractivity contribution in [1.82, 2.24) is 0 Å². The summed E-state index contributed by atoms with van der Waals surface area (Å²) in [6, 6.07) is 13.6. The normalized spacial score (nSPS) is 10.1. The molecule has 0 bridgehead atoms. The summed E-state index contributed by atoms with van der Waals surface area (Å²) in [6.07, 6.45) is 0. The predicted octanol–water partition coefficient (Wildman–Crippen LogP) is 2.09. The third-order valence-electron chi connectivity index (χ3n) is 3.51. The van der Waals surface area contributed by atoms with Crippen molar-refractivity contribution in [3.63, 3.8) is 0 Å². The van der Waals surface area contributed by atoms with Gasteiger partial charge < -0.3 is 16.0 Å². The van der Waals surface area contributed by atoms with E-state index >= 15 is 0 Å². The summed E-state index contributed by atoms with van der Waals surface area (Å²) in [6.45, 7) is 4.03. The highest BCUT2D eigenvalue weighted by molar-refractivity contribution is 6.44. The molecule has 24 heavy (non-hydrogen) atoms. The van der Waals surface area contributed by atoms with Crippen LogP contribution in [-0.2, 0) is 9.59 Å². The van der Waals surface area contributed by atoms with Gasteiger partial charge in [0.25, 0.3) is 5.91 Å². The molecule has 0 unspecified atom stereocenters. The minimum absolute atomic E-state index is 0.150. The lowest BCUT2D eigenvalue weighted by molar-refractivity contribution is -0.134. The van der Waals surface area contributed by atoms with Gasteiger partial charge in [0.2, 0.25) is 0 Å². The maximum absolute atomic E-state index is 12.5. The highest BCUT2D eigenvalue weighted by Crippen LogP contribution is 2.18. The first-order chi connectivity index (χ1) is 11.4. The molecule has 2 aromatic rings. The molecule has 0 atom stereocenters. The lowest BCUT2D eigenvalue weighted by atomic mass is 10.1. The SMILES string of the molecule is CCN(C(=O)C(=O)Nc1ccccc1C(N)=O)c1cccc(C)c1. The molecule has 0 spiro atoms. The van der Waals surface area contributed by atoms with Crippen LogP contribution in [0.25, 0.3) is 0 Å². The Labute approximate surface area is 140 Å². The van der Waals surface area contributed by atoms with Crippen LogP contribution < -0.4 is 16.0 Å². The number of rotatable bonds is 4. The number of nitrogens with zero attached hydrogens (tertiary/aromatic N) is 1. The van der Waals surface area contributed by atoms with E-state index in [0.717, 1.165) is 5.56 Å². The number of aryl methyl sites for hydroxylation is 1. The van der Waals surface area contributed by atoms with E-state index in [0.29, 0.717) is 12.2 Å². The second kappa shape index (κ2) is 7.41. The van der Waals surface area contributed by atoms with Crippen LogP contribution in [0.3, 0.4) is 0 Å². The first-order valence-corrected chi connectivity index (χ1v) is 7.52. The number of nitrogens with two attached hydrogens (primary N) is 1. The Bertz CT molecular complexity index is 787. The second-order valence-electron chi connectivity index (χ2n) is 5.25. The van der Waals surface area contributed by atoms with Gasteiger partial charge in [-0.3, -0.25) is 14.4 Å². The van der Waals surface area contributed by atoms with Gasteiger partial charge >= 0.3 is 11.8 Å². The lowest BCUT2D eigenvalue weighted by Crippen LogP contribution is -2.40. The van der Waals surface area contributed by atoms with Crippen LogP contribution in [0, 0.1) is 6.92 Å². The zero-order valence-corrected chi connectivity index (χ0v) is 13.6. The average molecular weight is 325 g/mol.